The van der Waals surface area contributed by atoms with Crippen LogP contribution in [0.4, 0.5) is 0 Å². The first-order valence-electron chi connectivity index (χ1n) is 3.42. The molecule has 66 valence electrons. The van der Waals surface area contributed by atoms with Gasteiger partial charge >= 0.3 is 5.97 Å². The predicted molar refractivity (Wildman–Crippen MR) is 44.0 cm³/mol. The highest BCUT2D eigenvalue weighted by atomic mass is 32.2. The van der Waals surface area contributed by atoms with Gasteiger partial charge < -0.3 is 5.11 Å². The van der Waals surface area contributed by atoms with Crippen molar-refractivity contribution in [3.05, 3.63) is 6.33 Å². The Balaban J connectivity index is 2.36. The number of carboxylic acids is 1. The summed E-state index contributed by atoms with van der Waals surface area (Å²) in [7, 11) is 0. The summed E-state index contributed by atoms with van der Waals surface area (Å²) in [6, 6.07) is 0. The number of aromatic nitrogens is 3. The van der Waals surface area contributed by atoms with Crippen LogP contribution in [0.3, 0.4) is 0 Å². The average Bonchev–Trinajstić information content (AvgIpc) is 2.37. The molecule has 0 amide bonds. The van der Waals surface area contributed by atoms with Crippen LogP contribution in [0.5, 0.6) is 0 Å². The molecule has 0 radical (unpaired) electrons. The monoisotopic (exact) mass is 187 g/mol. The standard InChI is InChI=1S/C6H9N3O2S/c1-4(2-5(10)11)12-6-7-3-8-9-6/h3-4H,2H2,1H3,(H,10,11)(H,7,8,9). The maximum Gasteiger partial charge on any atom is 0.304 e. The van der Waals surface area contributed by atoms with E-state index in [4.69, 9.17) is 5.11 Å². The summed E-state index contributed by atoms with van der Waals surface area (Å²) in [4.78, 5) is 14.1. The minimum Gasteiger partial charge on any atom is -0.481 e. The molecule has 0 aliphatic heterocycles. The van der Waals surface area contributed by atoms with Crippen molar-refractivity contribution in [2.45, 2.75) is 23.8 Å². The van der Waals surface area contributed by atoms with Gasteiger partial charge in [0.05, 0.1) is 6.42 Å². The number of nitrogens with zero attached hydrogens (tertiary/aromatic N) is 2. The molecule has 0 spiro atoms. The molecule has 1 rings (SSSR count). The third-order valence-electron chi connectivity index (χ3n) is 1.17. The first kappa shape index (κ1) is 9.05. The van der Waals surface area contributed by atoms with Crippen LogP contribution in [0, 0.1) is 0 Å². The quantitative estimate of drug-likeness (QED) is 0.680. The van der Waals surface area contributed by atoms with Crippen molar-refractivity contribution in [2.75, 3.05) is 0 Å². The second kappa shape index (κ2) is 4.10. The number of aliphatic carboxylic acids is 1. The van der Waals surface area contributed by atoms with Gasteiger partial charge in [-0.1, -0.05) is 18.7 Å². The third kappa shape index (κ3) is 2.91. The molecule has 0 saturated carbocycles. The van der Waals surface area contributed by atoms with Crippen LogP contribution in [-0.2, 0) is 4.79 Å². The SMILES string of the molecule is CC(CC(=O)O)Sc1ncn[nH]1. The van der Waals surface area contributed by atoms with E-state index in [9.17, 15) is 4.79 Å². The van der Waals surface area contributed by atoms with E-state index in [0.29, 0.717) is 5.16 Å². The van der Waals surface area contributed by atoms with Crippen LogP contribution in [0.15, 0.2) is 11.5 Å². The van der Waals surface area contributed by atoms with Gasteiger partial charge in [-0.05, 0) is 0 Å². The molecule has 5 nitrogen and oxygen atoms in total. The molecule has 0 aromatic carbocycles. The summed E-state index contributed by atoms with van der Waals surface area (Å²) in [5.41, 5.74) is 0. The predicted octanol–water partition coefficient (Wildman–Crippen LogP) is 0.760. The van der Waals surface area contributed by atoms with Crippen molar-refractivity contribution < 1.29 is 9.90 Å². The van der Waals surface area contributed by atoms with Crippen molar-refractivity contribution in [2.24, 2.45) is 0 Å². The first-order valence-corrected chi connectivity index (χ1v) is 4.30. The number of H-pyrrole nitrogens is 1. The fourth-order valence-corrected chi connectivity index (χ4v) is 1.55. The number of nitrogens with one attached hydrogen (secondary N) is 1. The van der Waals surface area contributed by atoms with Gasteiger partial charge in [0.2, 0.25) is 0 Å². The molecule has 0 saturated heterocycles. The number of carbonyl (C=O) groups is 1. The minimum absolute atomic E-state index is 0.00968. The van der Waals surface area contributed by atoms with Crippen LogP contribution in [0.2, 0.25) is 0 Å². The zero-order valence-electron chi connectivity index (χ0n) is 6.52. The number of hydrogen-bond donors (Lipinski definition) is 2. The highest BCUT2D eigenvalue weighted by molar-refractivity contribution is 7.99. The molecule has 0 bridgehead atoms. The van der Waals surface area contributed by atoms with Crippen LogP contribution < -0.4 is 0 Å². The Kier molecular flexibility index (Phi) is 3.09. The summed E-state index contributed by atoms with van der Waals surface area (Å²) in [5, 5.41) is 15.4. The molecule has 12 heavy (non-hydrogen) atoms. The Bertz CT molecular complexity index is 249. The van der Waals surface area contributed by atoms with Gasteiger partial charge in [-0.25, -0.2) is 4.98 Å². The normalized spacial score (nSPS) is 12.8. The second-order valence-corrected chi connectivity index (χ2v) is 3.74. The molecular weight excluding hydrogens is 178 g/mol. The van der Waals surface area contributed by atoms with E-state index in [0.717, 1.165) is 0 Å². The molecule has 2 N–H and O–H groups in total. The van der Waals surface area contributed by atoms with E-state index >= 15 is 0 Å². The third-order valence-corrected chi connectivity index (χ3v) is 2.16. The van der Waals surface area contributed by atoms with Crippen LogP contribution in [-0.4, -0.2) is 31.5 Å². The number of hydrogen-bond acceptors (Lipinski definition) is 4. The Morgan fingerprint density at radius 3 is 3.17 bits per heavy atom. The van der Waals surface area contributed by atoms with E-state index in [1.165, 1.54) is 18.1 Å². The van der Waals surface area contributed by atoms with E-state index in [2.05, 4.69) is 15.2 Å². The number of aromatic amines is 1. The molecule has 0 aliphatic carbocycles. The van der Waals surface area contributed by atoms with E-state index < -0.39 is 5.97 Å². The van der Waals surface area contributed by atoms with Gasteiger partial charge in [0, 0.05) is 5.25 Å². The molecule has 1 atom stereocenters. The lowest BCUT2D eigenvalue weighted by molar-refractivity contribution is -0.136. The molecule has 0 aliphatic rings. The Morgan fingerprint density at radius 2 is 2.67 bits per heavy atom. The maximum absolute atomic E-state index is 10.3. The van der Waals surface area contributed by atoms with E-state index in [1.807, 2.05) is 6.92 Å². The summed E-state index contributed by atoms with van der Waals surface area (Å²) >= 11 is 1.37. The molecule has 1 heterocycles. The van der Waals surface area contributed by atoms with Crippen molar-refractivity contribution in [1.82, 2.24) is 15.2 Å². The Hall–Kier alpha value is -1.04. The summed E-state index contributed by atoms with van der Waals surface area (Å²) < 4.78 is 0. The zero-order chi connectivity index (χ0) is 8.97. The fourth-order valence-electron chi connectivity index (χ4n) is 0.729. The maximum atomic E-state index is 10.3. The molecular formula is C6H9N3O2S. The molecule has 1 aromatic heterocycles. The lowest BCUT2D eigenvalue weighted by atomic mass is 10.3. The zero-order valence-corrected chi connectivity index (χ0v) is 7.34. The number of rotatable bonds is 4. The number of thioether (sulfide) groups is 1. The summed E-state index contributed by atoms with van der Waals surface area (Å²) in [5.74, 6) is -0.797. The van der Waals surface area contributed by atoms with Crippen LogP contribution in [0.1, 0.15) is 13.3 Å². The minimum atomic E-state index is -0.797. The fraction of sp³-hybridized carbons (Fsp3) is 0.500. The van der Waals surface area contributed by atoms with Crippen LogP contribution >= 0.6 is 11.8 Å². The smallest absolute Gasteiger partial charge is 0.304 e. The lowest BCUT2D eigenvalue weighted by Gasteiger charge is -2.03. The van der Waals surface area contributed by atoms with Gasteiger partial charge in [0.25, 0.3) is 0 Å². The summed E-state index contributed by atoms with van der Waals surface area (Å²) in [6.45, 7) is 1.83. The van der Waals surface area contributed by atoms with E-state index in [-0.39, 0.29) is 11.7 Å². The van der Waals surface area contributed by atoms with Crippen LogP contribution in [0.25, 0.3) is 0 Å². The molecule has 1 aromatic rings. The second-order valence-electron chi connectivity index (χ2n) is 2.32. The highest BCUT2D eigenvalue weighted by Crippen LogP contribution is 2.20. The van der Waals surface area contributed by atoms with Crippen molar-refractivity contribution >= 4 is 17.7 Å². The van der Waals surface area contributed by atoms with Crippen molar-refractivity contribution in [3.63, 3.8) is 0 Å². The molecule has 1 unspecified atom stereocenters. The lowest BCUT2D eigenvalue weighted by Crippen LogP contribution is -2.05. The topological polar surface area (TPSA) is 78.9 Å². The van der Waals surface area contributed by atoms with Gasteiger partial charge in [-0.15, -0.1) is 0 Å². The van der Waals surface area contributed by atoms with Crippen molar-refractivity contribution in [1.29, 1.82) is 0 Å². The van der Waals surface area contributed by atoms with Crippen molar-refractivity contribution in [3.8, 4) is 0 Å². The Morgan fingerprint density at radius 1 is 1.92 bits per heavy atom. The van der Waals surface area contributed by atoms with Gasteiger partial charge in [0.1, 0.15) is 6.33 Å². The van der Waals surface area contributed by atoms with Gasteiger partial charge in [-0.3, -0.25) is 9.89 Å². The van der Waals surface area contributed by atoms with Gasteiger partial charge in [0.15, 0.2) is 5.16 Å². The average molecular weight is 187 g/mol. The Labute approximate surface area is 73.6 Å². The largest absolute Gasteiger partial charge is 0.481 e. The molecule has 6 heteroatoms. The van der Waals surface area contributed by atoms with E-state index in [1.54, 1.807) is 0 Å². The highest BCUT2D eigenvalue weighted by Gasteiger charge is 2.10. The first-order chi connectivity index (χ1) is 5.68. The summed E-state index contributed by atoms with van der Waals surface area (Å²) in [6.07, 6.45) is 1.53. The molecule has 0 fully saturated rings. The van der Waals surface area contributed by atoms with Gasteiger partial charge in [-0.2, -0.15) is 5.10 Å². The number of carboxylic acid groups (broad SMARTS) is 1.